The molecule has 0 spiro atoms. The number of aromatic nitrogens is 2. The van der Waals surface area contributed by atoms with Gasteiger partial charge in [-0.15, -0.1) is 10.2 Å². The monoisotopic (exact) mass is 482 g/mol. The van der Waals surface area contributed by atoms with Crippen LogP contribution in [0.4, 0.5) is 5.13 Å². The molecular formula is C19H16Cl2N4O3S2. The maximum absolute atomic E-state index is 12.5. The minimum absolute atomic E-state index is 0.283. The first kappa shape index (κ1) is 21.3. The molecule has 0 saturated carbocycles. The summed E-state index contributed by atoms with van der Waals surface area (Å²) in [6.45, 7) is -0.318. The van der Waals surface area contributed by atoms with Crippen LogP contribution in [0.3, 0.4) is 0 Å². The maximum Gasteiger partial charge on any atom is 0.246 e. The number of amides is 3. The normalized spacial score (nSPS) is 20.5. The molecule has 156 valence electrons. The molecule has 2 atom stereocenters. The van der Waals surface area contributed by atoms with Gasteiger partial charge >= 0.3 is 0 Å². The lowest BCUT2D eigenvalue weighted by Gasteiger charge is -2.14. The van der Waals surface area contributed by atoms with E-state index in [1.54, 1.807) is 18.2 Å². The molecule has 1 aromatic heterocycles. The lowest BCUT2D eigenvalue weighted by Crippen LogP contribution is -2.38. The highest BCUT2D eigenvalue weighted by Crippen LogP contribution is 2.35. The van der Waals surface area contributed by atoms with E-state index in [2.05, 4.69) is 15.5 Å². The average molecular weight is 483 g/mol. The number of nitrogens with one attached hydrogen (secondary N) is 1. The molecule has 1 aromatic carbocycles. The third-order valence-electron chi connectivity index (χ3n) is 4.96. The Hall–Kier alpha value is -1.94. The lowest BCUT2D eigenvalue weighted by atomic mass is 9.85. The number of halogens is 2. The van der Waals surface area contributed by atoms with E-state index >= 15 is 0 Å². The van der Waals surface area contributed by atoms with Crippen LogP contribution in [0, 0.1) is 11.8 Å². The highest BCUT2D eigenvalue weighted by atomic mass is 35.5. The van der Waals surface area contributed by atoms with Gasteiger partial charge in [-0.1, -0.05) is 64.5 Å². The summed E-state index contributed by atoms with van der Waals surface area (Å²) in [7, 11) is 0. The summed E-state index contributed by atoms with van der Waals surface area (Å²) < 4.78 is 0.631. The van der Waals surface area contributed by atoms with Gasteiger partial charge in [-0.2, -0.15) is 0 Å². The van der Waals surface area contributed by atoms with Gasteiger partial charge in [0, 0.05) is 15.8 Å². The quantitative estimate of drug-likeness (QED) is 0.289. The summed E-state index contributed by atoms with van der Waals surface area (Å²) in [5.41, 5.74) is 0.800. The van der Waals surface area contributed by atoms with Gasteiger partial charge in [-0.3, -0.25) is 24.6 Å². The van der Waals surface area contributed by atoms with Crippen molar-refractivity contribution in [2.75, 3.05) is 11.9 Å². The van der Waals surface area contributed by atoms with Crippen LogP contribution >= 0.6 is 46.3 Å². The molecule has 1 fully saturated rings. The first-order valence-electron chi connectivity index (χ1n) is 9.13. The van der Waals surface area contributed by atoms with E-state index < -0.39 is 5.91 Å². The molecule has 11 heteroatoms. The maximum atomic E-state index is 12.5. The Morgan fingerprint density at radius 2 is 1.77 bits per heavy atom. The van der Waals surface area contributed by atoms with Crippen LogP contribution < -0.4 is 5.32 Å². The van der Waals surface area contributed by atoms with Crippen LogP contribution in [0.2, 0.25) is 10.0 Å². The van der Waals surface area contributed by atoms with Crippen molar-refractivity contribution in [3.05, 3.63) is 46.0 Å². The third kappa shape index (κ3) is 4.39. The number of hydrogen-bond donors (Lipinski definition) is 1. The van der Waals surface area contributed by atoms with Crippen molar-refractivity contribution in [2.24, 2.45) is 11.8 Å². The van der Waals surface area contributed by atoms with Gasteiger partial charge in [0.2, 0.25) is 22.9 Å². The molecule has 30 heavy (non-hydrogen) atoms. The Labute approximate surface area is 190 Å². The number of carbonyl (C=O) groups excluding carboxylic acids is 3. The molecule has 7 nitrogen and oxygen atoms in total. The first-order chi connectivity index (χ1) is 14.4. The third-order valence-corrected chi connectivity index (χ3v) is 7.66. The molecule has 1 saturated heterocycles. The van der Waals surface area contributed by atoms with E-state index in [1.165, 1.54) is 23.1 Å². The molecule has 1 aliphatic carbocycles. The summed E-state index contributed by atoms with van der Waals surface area (Å²) in [4.78, 5) is 38.3. The number of thioether (sulfide) groups is 1. The van der Waals surface area contributed by atoms with Crippen LogP contribution in [0.15, 0.2) is 34.7 Å². The fourth-order valence-corrected chi connectivity index (χ4v) is 5.96. The molecule has 3 amide bonds. The standard InChI is InChI=1S/C19H16Cl2N4O3S2/c20-13-6-3-7-14(21)12(13)9-29-19-24-23-18(30-19)22-15(26)8-25-16(27)10-4-1-2-5-11(10)17(25)28/h1-3,6-7,10-11H,4-5,8-9H2,(H,22,23,26)/t10-,11-/m1/s1. The van der Waals surface area contributed by atoms with E-state index in [9.17, 15) is 14.4 Å². The van der Waals surface area contributed by atoms with Gasteiger partial charge in [0.15, 0.2) is 4.34 Å². The molecule has 0 unspecified atom stereocenters. The van der Waals surface area contributed by atoms with Crippen molar-refractivity contribution >= 4 is 69.2 Å². The number of likely N-dealkylation sites (tertiary alicyclic amines) is 1. The predicted octanol–water partition coefficient (Wildman–Crippen LogP) is 4.03. The fourth-order valence-electron chi connectivity index (χ4n) is 3.45. The Bertz CT molecular complexity index is 996. The van der Waals surface area contributed by atoms with Gasteiger partial charge < -0.3 is 0 Å². The fraction of sp³-hybridized carbons (Fsp3) is 0.316. The number of nitrogens with zero attached hydrogens (tertiary/aromatic N) is 3. The Kier molecular flexibility index (Phi) is 6.43. The second-order valence-electron chi connectivity index (χ2n) is 6.83. The van der Waals surface area contributed by atoms with E-state index in [4.69, 9.17) is 23.2 Å². The van der Waals surface area contributed by atoms with Crippen LogP contribution in [0.5, 0.6) is 0 Å². The zero-order valence-corrected chi connectivity index (χ0v) is 18.7. The SMILES string of the molecule is O=C(CN1C(=O)[C@@H]2CC=CC[C@H]2C1=O)Nc1nnc(SCc2c(Cl)cccc2Cl)s1. The molecule has 2 heterocycles. The summed E-state index contributed by atoms with van der Waals surface area (Å²) in [5, 5.41) is 12.0. The van der Waals surface area contributed by atoms with Crippen molar-refractivity contribution in [2.45, 2.75) is 22.9 Å². The van der Waals surface area contributed by atoms with Crippen molar-refractivity contribution in [1.82, 2.24) is 15.1 Å². The topological polar surface area (TPSA) is 92.3 Å². The van der Waals surface area contributed by atoms with Crippen LogP contribution in [-0.4, -0.2) is 39.4 Å². The van der Waals surface area contributed by atoms with E-state index in [0.29, 0.717) is 38.1 Å². The van der Waals surface area contributed by atoms with Crippen molar-refractivity contribution in [3.63, 3.8) is 0 Å². The van der Waals surface area contributed by atoms with E-state index in [1.807, 2.05) is 12.2 Å². The Morgan fingerprint density at radius 1 is 1.13 bits per heavy atom. The summed E-state index contributed by atoms with van der Waals surface area (Å²) in [6.07, 6.45) is 4.90. The number of allylic oxidation sites excluding steroid dienone is 2. The van der Waals surface area contributed by atoms with Gasteiger partial charge in [0.25, 0.3) is 0 Å². The molecular weight excluding hydrogens is 467 g/mol. The number of benzene rings is 1. The number of fused-ring (bicyclic) bond motifs is 1. The highest BCUT2D eigenvalue weighted by molar-refractivity contribution is 8.00. The van der Waals surface area contributed by atoms with Crippen molar-refractivity contribution in [1.29, 1.82) is 0 Å². The second kappa shape index (κ2) is 9.05. The number of hydrogen-bond acceptors (Lipinski definition) is 7. The predicted molar refractivity (Wildman–Crippen MR) is 117 cm³/mol. The van der Waals surface area contributed by atoms with E-state index in [-0.39, 0.29) is 30.2 Å². The van der Waals surface area contributed by atoms with Crippen LogP contribution in [-0.2, 0) is 20.1 Å². The minimum atomic E-state index is -0.481. The number of rotatable bonds is 6. The minimum Gasteiger partial charge on any atom is -0.299 e. The second-order valence-corrected chi connectivity index (χ2v) is 9.84. The molecule has 2 aromatic rings. The van der Waals surface area contributed by atoms with Gasteiger partial charge in [0.05, 0.1) is 11.8 Å². The first-order valence-corrected chi connectivity index (χ1v) is 11.7. The molecule has 1 N–H and O–H groups in total. The van der Waals surface area contributed by atoms with Gasteiger partial charge in [0.1, 0.15) is 6.54 Å². The lowest BCUT2D eigenvalue weighted by molar-refractivity contribution is -0.142. The zero-order chi connectivity index (χ0) is 21.3. The molecule has 2 aliphatic rings. The average Bonchev–Trinajstić information content (AvgIpc) is 3.26. The zero-order valence-electron chi connectivity index (χ0n) is 15.5. The van der Waals surface area contributed by atoms with Crippen LogP contribution in [0.1, 0.15) is 18.4 Å². The molecule has 1 aliphatic heterocycles. The van der Waals surface area contributed by atoms with Crippen molar-refractivity contribution in [3.8, 4) is 0 Å². The van der Waals surface area contributed by atoms with E-state index in [0.717, 1.165) is 10.5 Å². The van der Waals surface area contributed by atoms with Gasteiger partial charge in [-0.25, -0.2) is 0 Å². The molecule has 0 bridgehead atoms. The highest BCUT2D eigenvalue weighted by Gasteiger charge is 2.47. The van der Waals surface area contributed by atoms with Crippen LogP contribution in [0.25, 0.3) is 0 Å². The summed E-state index contributed by atoms with van der Waals surface area (Å²) in [6, 6.07) is 5.31. The number of anilines is 1. The summed E-state index contributed by atoms with van der Waals surface area (Å²) >= 11 is 14.9. The Balaban J connectivity index is 1.33. The number of carbonyl (C=O) groups is 3. The Morgan fingerprint density at radius 3 is 2.40 bits per heavy atom. The largest absolute Gasteiger partial charge is 0.299 e. The van der Waals surface area contributed by atoms with Crippen molar-refractivity contribution < 1.29 is 14.4 Å². The molecule has 0 radical (unpaired) electrons. The number of imide groups is 1. The van der Waals surface area contributed by atoms with Gasteiger partial charge in [-0.05, 0) is 30.5 Å². The molecule has 4 rings (SSSR count). The smallest absolute Gasteiger partial charge is 0.246 e. The summed E-state index contributed by atoms with van der Waals surface area (Å²) in [5.74, 6) is -1.24.